The van der Waals surface area contributed by atoms with E-state index in [1.54, 1.807) is 6.33 Å². The van der Waals surface area contributed by atoms with Gasteiger partial charge in [-0.25, -0.2) is 15.0 Å². The molecule has 0 saturated heterocycles. The predicted octanol–water partition coefficient (Wildman–Crippen LogP) is 2.49. The molecule has 1 aliphatic heterocycles. The van der Waals surface area contributed by atoms with Crippen molar-refractivity contribution in [1.82, 2.24) is 9.97 Å². The van der Waals surface area contributed by atoms with Gasteiger partial charge in [-0.05, 0) is 43.4 Å². The molecule has 0 saturated carbocycles. The molecule has 2 heterocycles. The molecule has 1 atom stereocenters. The van der Waals surface area contributed by atoms with Crippen LogP contribution in [-0.2, 0) is 17.6 Å². The van der Waals surface area contributed by atoms with Crippen LogP contribution < -0.4 is 5.73 Å². The van der Waals surface area contributed by atoms with E-state index in [1.165, 1.54) is 16.7 Å². The van der Waals surface area contributed by atoms with Crippen molar-refractivity contribution < 1.29 is 4.74 Å². The number of nitrogens with zero attached hydrogens (tertiary/aromatic N) is 3. The summed E-state index contributed by atoms with van der Waals surface area (Å²) in [5.41, 5.74) is 10.1. The van der Waals surface area contributed by atoms with Crippen LogP contribution in [0, 0.1) is 0 Å². The van der Waals surface area contributed by atoms with Gasteiger partial charge in [-0.2, -0.15) is 0 Å². The quantitative estimate of drug-likeness (QED) is 0.878. The van der Waals surface area contributed by atoms with Gasteiger partial charge >= 0.3 is 0 Å². The monoisotopic (exact) mass is 308 g/mol. The van der Waals surface area contributed by atoms with E-state index in [1.807, 2.05) is 12.4 Å². The molecule has 4 rings (SSSR count). The first-order valence-electron chi connectivity index (χ1n) is 7.91. The van der Waals surface area contributed by atoms with Gasteiger partial charge in [0.2, 0.25) is 0 Å². The van der Waals surface area contributed by atoms with Crippen molar-refractivity contribution in [1.29, 1.82) is 0 Å². The van der Waals surface area contributed by atoms with E-state index in [-0.39, 0.29) is 5.54 Å². The van der Waals surface area contributed by atoms with Crippen molar-refractivity contribution in [2.75, 3.05) is 0 Å². The Morgan fingerprint density at radius 1 is 1.17 bits per heavy atom. The largest absolute Gasteiger partial charge is 0.457 e. The van der Waals surface area contributed by atoms with Gasteiger partial charge in [-0.3, -0.25) is 0 Å². The lowest BCUT2D eigenvalue weighted by Gasteiger charge is -2.41. The average Bonchev–Trinajstić information content (AvgIpc) is 2.75. The number of fused-ring (bicyclic) bond motifs is 1. The molecule has 2 aliphatic rings. The summed E-state index contributed by atoms with van der Waals surface area (Å²) in [6.07, 6.45) is 8.01. The Bertz CT molecular complexity index is 785. The maximum atomic E-state index is 5.89. The number of hydrogen-bond donors (Lipinski definition) is 1. The van der Waals surface area contributed by atoms with E-state index in [0.717, 1.165) is 24.8 Å². The van der Waals surface area contributed by atoms with Crippen molar-refractivity contribution in [3.63, 3.8) is 0 Å². The lowest BCUT2D eigenvalue weighted by Crippen LogP contribution is -2.50. The van der Waals surface area contributed by atoms with Gasteiger partial charge in [0, 0.05) is 24.4 Å². The molecule has 1 spiro atoms. The van der Waals surface area contributed by atoms with Gasteiger partial charge < -0.3 is 10.5 Å². The summed E-state index contributed by atoms with van der Waals surface area (Å²) in [6, 6.07) is 6.74. The van der Waals surface area contributed by atoms with Crippen LogP contribution in [0.15, 0.2) is 41.9 Å². The second-order valence-corrected chi connectivity index (χ2v) is 6.84. The van der Waals surface area contributed by atoms with Crippen LogP contribution in [0.4, 0.5) is 0 Å². The average molecular weight is 308 g/mol. The highest BCUT2D eigenvalue weighted by atomic mass is 16.5. The molecule has 0 fully saturated rings. The number of ether oxygens (including phenoxy) is 1. The van der Waals surface area contributed by atoms with Gasteiger partial charge in [-0.1, -0.05) is 18.2 Å². The molecule has 1 aromatic heterocycles. The molecule has 118 valence electrons. The van der Waals surface area contributed by atoms with Crippen molar-refractivity contribution in [2.45, 2.75) is 44.2 Å². The Morgan fingerprint density at radius 2 is 1.96 bits per heavy atom. The highest BCUT2D eigenvalue weighted by Gasteiger charge is 2.53. The maximum Gasteiger partial charge on any atom is 0.283 e. The lowest BCUT2D eigenvalue weighted by molar-refractivity contribution is 0.0358. The molecule has 1 aliphatic carbocycles. The molecule has 0 bridgehead atoms. The summed E-state index contributed by atoms with van der Waals surface area (Å²) in [6.45, 7) is 4.16. The van der Waals surface area contributed by atoms with Gasteiger partial charge in [-0.15, -0.1) is 0 Å². The van der Waals surface area contributed by atoms with E-state index < -0.39 is 5.60 Å². The Labute approximate surface area is 135 Å². The normalized spacial score (nSPS) is 24.9. The van der Waals surface area contributed by atoms with Crippen molar-refractivity contribution >= 4 is 6.02 Å². The number of amidine groups is 1. The Hall–Kier alpha value is -2.43. The number of aliphatic imine (C=N–C) groups is 1. The minimum Gasteiger partial charge on any atom is -0.457 e. The van der Waals surface area contributed by atoms with Gasteiger partial charge in [0.15, 0.2) is 0 Å². The number of hydrogen-bond acceptors (Lipinski definition) is 5. The molecular formula is C18H20N4O. The third-order valence-corrected chi connectivity index (χ3v) is 5.23. The molecular weight excluding hydrogens is 288 g/mol. The molecule has 5 heteroatoms. The summed E-state index contributed by atoms with van der Waals surface area (Å²) in [5.74, 6) is 0. The second kappa shape index (κ2) is 4.78. The smallest absolute Gasteiger partial charge is 0.283 e. The third-order valence-electron chi connectivity index (χ3n) is 5.23. The van der Waals surface area contributed by atoms with Crippen LogP contribution in [0.25, 0.3) is 11.1 Å². The zero-order valence-electron chi connectivity index (χ0n) is 13.4. The molecule has 0 amide bonds. The van der Waals surface area contributed by atoms with E-state index in [0.29, 0.717) is 6.02 Å². The van der Waals surface area contributed by atoms with Crippen molar-refractivity contribution in [2.24, 2.45) is 10.7 Å². The topological polar surface area (TPSA) is 73.4 Å². The van der Waals surface area contributed by atoms with Crippen LogP contribution in [0.1, 0.15) is 31.4 Å². The summed E-state index contributed by atoms with van der Waals surface area (Å²) in [7, 11) is 0. The fraction of sp³-hybridized carbons (Fsp3) is 0.389. The SMILES string of the molecule is CC1(C)OC(N)=NC12CCc1cccc(-c3cncnc3)c1C2. The minimum atomic E-state index is -0.394. The summed E-state index contributed by atoms with van der Waals surface area (Å²) in [5, 5.41) is 0. The fourth-order valence-corrected chi connectivity index (χ4v) is 3.84. The first-order chi connectivity index (χ1) is 11.0. The Morgan fingerprint density at radius 3 is 2.65 bits per heavy atom. The first-order valence-corrected chi connectivity index (χ1v) is 7.91. The van der Waals surface area contributed by atoms with Crippen LogP contribution in [0.5, 0.6) is 0 Å². The molecule has 1 aromatic carbocycles. The minimum absolute atomic E-state index is 0.296. The van der Waals surface area contributed by atoms with E-state index in [4.69, 9.17) is 15.5 Å². The second-order valence-electron chi connectivity index (χ2n) is 6.84. The van der Waals surface area contributed by atoms with Gasteiger partial charge in [0.1, 0.15) is 17.5 Å². The van der Waals surface area contributed by atoms with Crippen LogP contribution >= 0.6 is 0 Å². The molecule has 2 N–H and O–H groups in total. The molecule has 5 nitrogen and oxygen atoms in total. The standard InChI is InChI=1S/C18H20N4O/c1-17(2)18(22-16(19)23-17)7-6-12-4-3-5-14(15(12)8-18)13-9-20-11-21-10-13/h3-5,9-11H,6-8H2,1-2H3,(H2,19,22). The number of nitrogens with two attached hydrogens (primary N) is 1. The van der Waals surface area contributed by atoms with E-state index in [2.05, 4.69) is 42.0 Å². The summed E-state index contributed by atoms with van der Waals surface area (Å²) >= 11 is 0. The highest BCUT2D eigenvalue weighted by molar-refractivity contribution is 5.76. The first kappa shape index (κ1) is 14.2. The van der Waals surface area contributed by atoms with Gasteiger partial charge in [0.25, 0.3) is 6.02 Å². The number of aromatic nitrogens is 2. The third kappa shape index (κ3) is 2.11. The van der Waals surface area contributed by atoms with E-state index in [9.17, 15) is 0 Å². The van der Waals surface area contributed by atoms with Gasteiger partial charge in [0.05, 0.1) is 0 Å². The maximum absolute atomic E-state index is 5.89. The Kier molecular flexibility index (Phi) is 2.95. The lowest BCUT2D eigenvalue weighted by atomic mass is 9.69. The van der Waals surface area contributed by atoms with Crippen LogP contribution in [0.3, 0.4) is 0 Å². The molecule has 1 unspecified atom stereocenters. The number of rotatable bonds is 1. The zero-order valence-corrected chi connectivity index (χ0v) is 13.4. The molecule has 23 heavy (non-hydrogen) atoms. The molecule has 2 aromatic rings. The van der Waals surface area contributed by atoms with Crippen LogP contribution in [0.2, 0.25) is 0 Å². The summed E-state index contributed by atoms with van der Waals surface area (Å²) < 4.78 is 5.81. The van der Waals surface area contributed by atoms with Crippen molar-refractivity contribution in [3.8, 4) is 11.1 Å². The summed E-state index contributed by atoms with van der Waals surface area (Å²) in [4.78, 5) is 13.0. The predicted molar refractivity (Wildman–Crippen MR) is 89.0 cm³/mol. The number of benzene rings is 1. The zero-order chi connectivity index (χ0) is 16.1. The van der Waals surface area contributed by atoms with Crippen molar-refractivity contribution in [3.05, 3.63) is 48.0 Å². The number of aryl methyl sites for hydroxylation is 1. The Balaban J connectivity index is 1.84. The fourth-order valence-electron chi connectivity index (χ4n) is 3.84. The van der Waals surface area contributed by atoms with E-state index >= 15 is 0 Å². The highest BCUT2D eigenvalue weighted by Crippen LogP contribution is 2.46. The van der Waals surface area contributed by atoms with Crippen LogP contribution in [-0.4, -0.2) is 27.1 Å². The molecule has 0 radical (unpaired) electrons.